The van der Waals surface area contributed by atoms with Gasteiger partial charge in [-0.25, -0.2) is 0 Å². The minimum atomic E-state index is -0.668. The number of carboxylic acid groups (broad SMARTS) is 1. The van der Waals surface area contributed by atoms with E-state index >= 15 is 0 Å². The third-order valence-corrected chi connectivity index (χ3v) is 6.40. The molecule has 0 radical (unpaired) electrons. The number of likely N-dealkylation sites (tertiary alicyclic amines) is 1. The molecule has 2 aromatic rings. The molecule has 0 atom stereocenters. The molecule has 0 spiro atoms. The number of fused-ring (bicyclic) bond motifs is 1. The van der Waals surface area contributed by atoms with Crippen molar-refractivity contribution in [3.05, 3.63) is 70.8 Å². The predicted molar refractivity (Wildman–Crippen MR) is 120 cm³/mol. The fourth-order valence-corrected chi connectivity index (χ4v) is 4.48. The molecule has 4 heteroatoms. The lowest BCUT2D eigenvalue weighted by molar-refractivity contribution is -0.147. The van der Waals surface area contributed by atoms with Crippen LogP contribution in [-0.4, -0.2) is 42.2 Å². The lowest BCUT2D eigenvalue weighted by atomic mass is 9.85. The van der Waals surface area contributed by atoms with Gasteiger partial charge in [0.25, 0.3) is 0 Å². The topological polar surface area (TPSA) is 49.8 Å². The normalized spacial score (nSPS) is 16.8. The van der Waals surface area contributed by atoms with Gasteiger partial charge in [-0.05, 0) is 73.4 Å². The lowest BCUT2D eigenvalue weighted by Crippen LogP contribution is -2.50. The van der Waals surface area contributed by atoms with Crippen molar-refractivity contribution >= 4 is 11.5 Å². The number of allylic oxidation sites excluding steroid dienone is 1. The molecule has 2 aliphatic rings. The van der Waals surface area contributed by atoms with Crippen molar-refractivity contribution in [2.75, 3.05) is 26.2 Å². The molecule has 1 fully saturated rings. The fraction of sp³-hybridized carbons (Fsp3) is 0.423. The first-order valence-electron chi connectivity index (χ1n) is 11.0. The number of hydrogen-bond donors (Lipinski definition) is 1. The molecule has 0 bridgehead atoms. The molecule has 0 unspecified atom stereocenters. The van der Waals surface area contributed by atoms with Gasteiger partial charge in [0.2, 0.25) is 0 Å². The Morgan fingerprint density at radius 3 is 2.67 bits per heavy atom. The van der Waals surface area contributed by atoms with Crippen LogP contribution in [0.4, 0.5) is 0 Å². The summed E-state index contributed by atoms with van der Waals surface area (Å²) in [6, 6.07) is 17.1. The number of benzene rings is 2. The molecular formula is C26H31NO3. The monoisotopic (exact) mass is 405 g/mol. The second kappa shape index (κ2) is 9.48. The minimum Gasteiger partial charge on any atom is -0.494 e. The summed E-state index contributed by atoms with van der Waals surface area (Å²) in [6.07, 6.45) is 5.38. The van der Waals surface area contributed by atoms with Crippen molar-refractivity contribution in [1.29, 1.82) is 0 Å². The Labute approximate surface area is 179 Å². The van der Waals surface area contributed by atoms with Crippen molar-refractivity contribution in [3.63, 3.8) is 0 Å². The SMILES string of the molecule is CC1=C(CN2CC(C(=O)O)C2)CCc2cc(OCCCCc3ccccc3)ccc21. The number of aryl methyl sites for hydroxylation is 2. The molecular weight excluding hydrogens is 374 g/mol. The summed E-state index contributed by atoms with van der Waals surface area (Å²) >= 11 is 0. The Kier molecular flexibility index (Phi) is 6.53. The van der Waals surface area contributed by atoms with E-state index in [-0.39, 0.29) is 5.92 Å². The number of rotatable bonds is 9. The van der Waals surface area contributed by atoms with Crippen LogP contribution in [0.25, 0.3) is 5.57 Å². The molecule has 4 rings (SSSR count). The van der Waals surface area contributed by atoms with Crippen molar-refractivity contribution < 1.29 is 14.6 Å². The van der Waals surface area contributed by atoms with Crippen LogP contribution in [-0.2, 0) is 17.6 Å². The van der Waals surface area contributed by atoms with E-state index in [1.165, 1.54) is 27.8 Å². The van der Waals surface area contributed by atoms with Crippen LogP contribution in [0, 0.1) is 5.92 Å². The molecule has 30 heavy (non-hydrogen) atoms. The summed E-state index contributed by atoms with van der Waals surface area (Å²) < 4.78 is 6.02. The van der Waals surface area contributed by atoms with E-state index in [9.17, 15) is 4.79 Å². The first-order valence-corrected chi connectivity index (χ1v) is 11.0. The molecule has 4 nitrogen and oxygen atoms in total. The van der Waals surface area contributed by atoms with Gasteiger partial charge in [0.1, 0.15) is 5.75 Å². The van der Waals surface area contributed by atoms with Crippen LogP contribution in [0.3, 0.4) is 0 Å². The average molecular weight is 406 g/mol. The maximum atomic E-state index is 11.0. The summed E-state index contributed by atoms with van der Waals surface area (Å²) in [6.45, 7) is 5.21. The number of carbonyl (C=O) groups is 1. The number of hydrogen-bond acceptors (Lipinski definition) is 3. The Hall–Kier alpha value is -2.59. The number of ether oxygens (including phenoxy) is 1. The summed E-state index contributed by atoms with van der Waals surface area (Å²) in [5, 5.41) is 9.06. The second-order valence-electron chi connectivity index (χ2n) is 8.57. The van der Waals surface area contributed by atoms with Crippen molar-refractivity contribution in [2.45, 2.75) is 39.0 Å². The number of unbranched alkanes of at least 4 members (excludes halogenated alkanes) is 1. The molecule has 0 saturated carbocycles. The summed E-state index contributed by atoms with van der Waals surface area (Å²) in [5.74, 6) is 0.115. The van der Waals surface area contributed by atoms with Crippen molar-refractivity contribution in [1.82, 2.24) is 4.90 Å². The molecule has 1 N–H and O–H groups in total. The van der Waals surface area contributed by atoms with Crippen LogP contribution in [0.2, 0.25) is 0 Å². The molecule has 2 aromatic carbocycles. The van der Waals surface area contributed by atoms with E-state index in [0.29, 0.717) is 13.1 Å². The third kappa shape index (κ3) is 4.93. The van der Waals surface area contributed by atoms with E-state index in [1.807, 2.05) is 0 Å². The van der Waals surface area contributed by atoms with Crippen LogP contribution < -0.4 is 4.74 Å². The highest BCUT2D eigenvalue weighted by Gasteiger charge is 2.33. The Balaban J connectivity index is 1.27. The number of carboxylic acids is 1. The molecule has 1 aliphatic heterocycles. The number of aliphatic carboxylic acids is 1. The minimum absolute atomic E-state index is 0.186. The van der Waals surface area contributed by atoms with Gasteiger partial charge in [-0.1, -0.05) is 42.0 Å². The van der Waals surface area contributed by atoms with Gasteiger partial charge < -0.3 is 9.84 Å². The van der Waals surface area contributed by atoms with Gasteiger partial charge in [0, 0.05) is 19.6 Å². The predicted octanol–water partition coefficient (Wildman–Crippen LogP) is 4.82. The molecule has 1 aliphatic carbocycles. The van der Waals surface area contributed by atoms with Crippen LogP contribution in [0.15, 0.2) is 54.1 Å². The van der Waals surface area contributed by atoms with Gasteiger partial charge in [-0.2, -0.15) is 0 Å². The fourth-order valence-electron chi connectivity index (χ4n) is 4.48. The molecule has 1 saturated heterocycles. The zero-order chi connectivity index (χ0) is 20.9. The Bertz CT molecular complexity index is 913. The highest BCUT2D eigenvalue weighted by Crippen LogP contribution is 2.34. The van der Waals surface area contributed by atoms with Gasteiger partial charge >= 0.3 is 5.97 Å². The Morgan fingerprint density at radius 1 is 1.10 bits per heavy atom. The zero-order valence-electron chi connectivity index (χ0n) is 17.8. The van der Waals surface area contributed by atoms with E-state index in [0.717, 1.165) is 51.0 Å². The maximum Gasteiger partial charge on any atom is 0.309 e. The largest absolute Gasteiger partial charge is 0.494 e. The zero-order valence-corrected chi connectivity index (χ0v) is 17.8. The van der Waals surface area contributed by atoms with E-state index in [1.54, 1.807) is 0 Å². The average Bonchev–Trinajstić information content (AvgIpc) is 2.72. The van der Waals surface area contributed by atoms with Crippen LogP contribution >= 0.6 is 0 Å². The Morgan fingerprint density at radius 2 is 1.90 bits per heavy atom. The maximum absolute atomic E-state index is 11.0. The highest BCUT2D eigenvalue weighted by molar-refractivity contribution is 5.73. The molecule has 158 valence electrons. The lowest BCUT2D eigenvalue weighted by Gasteiger charge is -2.38. The molecule has 1 heterocycles. The van der Waals surface area contributed by atoms with Gasteiger partial charge in [0.05, 0.1) is 12.5 Å². The third-order valence-electron chi connectivity index (χ3n) is 6.40. The van der Waals surface area contributed by atoms with E-state index in [2.05, 4.69) is 60.4 Å². The smallest absolute Gasteiger partial charge is 0.309 e. The standard InChI is InChI=1S/C26H31NO3/c1-19-22(16-27-17-23(18-27)26(28)29)11-10-21-15-24(12-13-25(19)21)30-14-6-5-9-20-7-3-2-4-8-20/h2-4,7-8,12-13,15,23H,5-6,9-11,14,16-18H2,1H3,(H,28,29). The van der Waals surface area contributed by atoms with Crippen LogP contribution in [0.5, 0.6) is 5.75 Å². The van der Waals surface area contributed by atoms with Crippen LogP contribution in [0.1, 0.15) is 42.9 Å². The second-order valence-corrected chi connectivity index (χ2v) is 8.57. The summed E-state index contributed by atoms with van der Waals surface area (Å²) in [5.41, 5.74) is 6.87. The molecule has 0 aromatic heterocycles. The van der Waals surface area contributed by atoms with Crippen molar-refractivity contribution in [2.24, 2.45) is 5.92 Å². The van der Waals surface area contributed by atoms with E-state index in [4.69, 9.17) is 9.84 Å². The van der Waals surface area contributed by atoms with Crippen molar-refractivity contribution in [3.8, 4) is 5.75 Å². The van der Waals surface area contributed by atoms with Gasteiger partial charge in [-0.3, -0.25) is 9.69 Å². The highest BCUT2D eigenvalue weighted by atomic mass is 16.5. The summed E-state index contributed by atoms with van der Waals surface area (Å²) in [7, 11) is 0. The van der Waals surface area contributed by atoms with Gasteiger partial charge in [-0.15, -0.1) is 0 Å². The van der Waals surface area contributed by atoms with E-state index < -0.39 is 5.97 Å². The first kappa shape index (κ1) is 20.7. The number of nitrogens with zero attached hydrogens (tertiary/aromatic N) is 1. The van der Waals surface area contributed by atoms with Gasteiger partial charge in [0.15, 0.2) is 0 Å². The quantitative estimate of drug-likeness (QED) is 0.608. The summed E-state index contributed by atoms with van der Waals surface area (Å²) in [4.78, 5) is 13.3. The molecule has 0 amide bonds. The first-order chi connectivity index (χ1) is 14.6.